The molecule has 1 aliphatic rings. The van der Waals surface area contributed by atoms with Crippen molar-refractivity contribution in [2.75, 3.05) is 19.8 Å². The van der Waals surface area contributed by atoms with Gasteiger partial charge in [0.05, 0.1) is 6.67 Å². The molecule has 0 spiro atoms. The molecule has 1 heterocycles. The van der Waals surface area contributed by atoms with E-state index in [1.165, 1.54) is 0 Å². The number of carbonyl (C=O) groups excluding carboxylic acids is 1. The van der Waals surface area contributed by atoms with Gasteiger partial charge in [-0.25, -0.2) is 0 Å². The van der Waals surface area contributed by atoms with E-state index < -0.39 is 0 Å². The Morgan fingerprint density at radius 3 is 2.43 bits per heavy atom. The van der Waals surface area contributed by atoms with Gasteiger partial charge in [-0.05, 0) is 25.2 Å². The zero-order chi connectivity index (χ0) is 10.6. The molecule has 0 atom stereocenters. The number of alkyl halides is 1. The van der Waals surface area contributed by atoms with Crippen molar-refractivity contribution in [3.8, 4) is 0 Å². The average molecular weight is 201 g/mol. The smallest absolute Gasteiger partial charge is 0.225 e. The Kier molecular flexibility index (Phi) is 4.36. The largest absolute Gasteiger partial charge is 0.342 e. The number of amides is 1. The van der Waals surface area contributed by atoms with Crippen LogP contribution >= 0.6 is 0 Å². The minimum Gasteiger partial charge on any atom is -0.342 e. The summed E-state index contributed by atoms with van der Waals surface area (Å²) in [5.74, 6) is 0.827. The van der Waals surface area contributed by atoms with Gasteiger partial charge in [-0.15, -0.1) is 0 Å². The second-order valence-electron chi connectivity index (χ2n) is 4.40. The van der Waals surface area contributed by atoms with Crippen molar-refractivity contribution in [2.24, 2.45) is 11.8 Å². The third-order valence-corrected chi connectivity index (χ3v) is 2.94. The molecule has 2 nitrogen and oxygen atoms in total. The summed E-state index contributed by atoms with van der Waals surface area (Å²) < 4.78 is 12.1. The number of hydrogen-bond acceptors (Lipinski definition) is 1. The summed E-state index contributed by atoms with van der Waals surface area (Å²) in [4.78, 5) is 13.5. The molecule has 0 bridgehead atoms. The number of piperidine rings is 1. The maximum absolute atomic E-state index is 12.1. The van der Waals surface area contributed by atoms with Gasteiger partial charge >= 0.3 is 0 Å². The van der Waals surface area contributed by atoms with Crippen molar-refractivity contribution in [1.29, 1.82) is 0 Å². The summed E-state index contributed by atoms with van der Waals surface area (Å²) in [6, 6.07) is 0. The zero-order valence-corrected chi connectivity index (χ0v) is 9.13. The van der Waals surface area contributed by atoms with Crippen molar-refractivity contribution >= 4 is 5.91 Å². The lowest BCUT2D eigenvalue weighted by atomic mass is 9.93. The van der Waals surface area contributed by atoms with Crippen LogP contribution in [0, 0.1) is 11.8 Å². The molecule has 82 valence electrons. The Labute approximate surface area is 85.5 Å². The lowest BCUT2D eigenvalue weighted by Gasteiger charge is -2.32. The number of hydrogen-bond donors (Lipinski definition) is 0. The Morgan fingerprint density at radius 2 is 2.00 bits per heavy atom. The summed E-state index contributed by atoms with van der Waals surface area (Å²) >= 11 is 0. The van der Waals surface area contributed by atoms with Crippen LogP contribution in [-0.2, 0) is 4.79 Å². The summed E-state index contributed by atoms with van der Waals surface area (Å²) in [5.41, 5.74) is 0. The van der Waals surface area contributed by atoms with Gasteiger partial charge in [0.15, 0.2) is 0 Å². The Hall–Kier alpha value is -0.600. The molecule has 1 amide bonds. The number of likely N-dealkylation sites (tertiary alicyclic amines) is 1. The fraction of sp³-hybridized carbons (Fsp3) is 0.909. The zero-order valence-electron chi connectivity index (χ0n) is 9.13. The number of carbonyl (C=O) groups is 1. The first-order valence-corrected chi connectivity index (χ1v) is 5.50. The quantitative estimate of drug-likeness (QED) is 0.685. The van der Waals surface area contributed by atoms with E-state index in [4.69, 9.17) is 0 Å². The number of nitrogens with zero attached hydrogens (tertiary/aromatic N) is 1. The summed E-state index contributed by atoms with van der Waals surface area (Å²) in [5, 5.41) is 0. The third kappa shape index (κ3) is 2.96. The van der Waals surface area contributed by atoms with Crippen LogP contribution in [0.25, 0.3) is 0 Å². The highest BCUT2D eigenvalue weighted by atomic mass is 19.1. The Morgan fingerprint density at radius 1 is 1.43 bits per heavy atom. The minimum atomic E-state index is -0.219. The van der Waals surface area contributed by atoms with E-state index in [2.05, 4.69) is 0 Å². The lowest BCUT2D eigenvalue weighted by molar-refractivity contribution is -0.135. The van der Waals surface area contributed by atoms with Gasteiger partial charge in [0, 0.05) is 19.0 Å². The number of rotatable bonds is 3. The molecule has 0 aromatic heterocycles. The van der Waals surface area contributed by atoms with Crippen LogP contribution < -0.4 is 0 Å². The van der Waals surface area contributed by atoms with Gasteiger partial charge in [-0.1, -0.05) is 13.8 Å². The molecular formula is C11H20FNO. The molecule has 0 aromatic carbocycles. The van der Waals surface area contributed by atoms with E-state index in [1.807, 2.05) is 18.7 Å². The van der Waals surface area contributed by atoms with Crippen LogP contribution in [0.15, 0.2) is 0 Å². The van der Waals surface area contributed by atoms with E-state index in [1.54, 1.807) is 0 Å². The predicted octanol–water partition coefficient (Wildman–Crippen LogP) is 2.24. The van der Waals surface area contributed by atoms with Gasteiger partial charge in [-0.3, -0.25) is 9.18 Å². The van der Waals surface area contributed by atoms with E-state index in [9.17, 15) is 9.18 Å². The average Bonchev–Trinajstić information content (AvgIpc) is 2.18. The van der Waals surface area contributed by atoms with Crippen molar-refractivity contribution < 1.29 is 9.18 Å². The van der Waals surface area contributed by atoms with Crippen LogP contribution in [0.1, 0.15) is 33.1 Å². The molecule has 3 heteroatoms. The number of halogens is 1. The Balaban J connectivity index is 2.32. The summed E-state index contributed by atoms with van der Waals surface area (Å²) in [6.07, 6.45) is 2.62. The van der Waals surface area contributed by atoms with Gasteiger partial charge in [0.25, 0.3) is 0 Å². The molecule has 0 aromatic rings. The molecule has 0 N–H and O–H groups in total. The van der Waals surface area contributed by atoms with Crippen LogP contribution in [0.5, 0.6) is 0 Å². The SMILES string of the molecule is CC(C)C(=O)N1CCC(CCF)CC1. The van der Waals surface area contributed by atoms with Crippen molar-refractivity contribution in [1.82, 2.24) is 4.90 Å². The highest BCUT2D eigenvalue weighted by Gasteiger charge is 2.23. The van der Waals surface area contributed by atoms with Gasteiger partial charge in [0.2, 0.25) is 5.91 Å². The van der Waals surface area contributed by atoms with Gasteiger partial charge in [-0.2, -0.15) is 0 Å². The monoisotopic (exact) mass is 201 g/mol. The van der Waals surface area contributed by atoms with Gasteiger partial charge in [0.1, 0.15) is 0 Å². The van der Waals surface area contributed by atoms with Crippen LogP contribution in [0.4, 0.5) is 4.39 Å². The normalized spacial score (nSPS) is 19.0. The van der Waals surface area contributed by atoms with E-state index in [0.29, 0.717) is 12.3 Å². The fourth-order valence-corrected chi connectivity index (χ4v) is 1.96. The van der Waals surface area contributed by atoms with Gasteiger partial charge < -0.3 is 4.90 Å². The first-order chi connectivity index (χ1) is 6.65. The van der Waals surface area contributed by atoms with Crippen molar-refractivity contribution in [3.05, 3.63) is 0 Å². The van der Waals surface area contributed by atoms with Crippen molar-refractivity contribution in [2.45, 2.75) is 33.1 Å². The molecular weight excluding hydrogens is 181 g/mol. The molecule has 1 saturated heterocycles. The first-order valence-electron chi connectivity index (χ1n) is 5.50. The summed E-state index contributed by atoms with van der Waals surface area (Å²) in [6.45, 7) is 5.28. The summed E-state index contributed by atoms with van der Waals surface area (Å²) in [7, 11) is 0. The predicted molar refractivity (Wildman–Crippen MR) is 54.7 cm³/mol. The van der Waals surface area contributed by atoms with Crippen LogP contribution in [-0.4, -0.2) is 30.6 Å². The van der Waals surface area contributed by atoms with E-state index in [0.717, 1.165) is 25.9 Å². The molecule has 1 fully saturated rings. The molecule has 0 unspecified atom stereocenters. The minimum absolute atomic E-state index is 0.0905. The second-order valence-corrected chi connectivity index (χ2v) is 4.40. The standard InChI is InChI=1S/C11H20FNO/c1-9(2)11(14)13-7-4-10(3-6-12)5-8-13/h9-10H,3-8H2,1-2H3. The second kappa shape index (κ2) is 5.32. The van der Waals surface area contributed by atoms with Crippen molar-refractivity contribution in [3.63, 3.8) is 0 Å². The molecule has 1 aliphatic heterocycles. The fourth-order valence-electron chi connectivity index (χ4n) is 1.96. The van der Waals surface area contributed by atoms with E-state index >= 15 is 0 Å². The maximum atomic E-state index is 12.1. The highest BCUT2D eigenvalue weighted by molar-refractivity contribution is 5.78. The molecule has 0 saturated carbocycles. The third-order valence-electron chi connectivity index (χ3n) is 2.94. The molecule has 0 radical (unpaired) electrons. The molecule has 1 rings (SSSR count). The Bertz CT molecular complexity index is 186. The molecule has 14 heavy (non-hydrogen) atoms. The maximum Gasteiger partial charge on any atom is 0.225 e. The first kappa shape index (κ1) is 11.5. The van der Waals surface area contributed by atoms with E-state index in [-0.39, 0.29) is 18.5 Å². The molecule has 0 aliphatic carbocycles. The highest BCUT2D eigenvalue weighted by Crippen LogP contribution is 2.21. The topological polar surface area (TPSA) is 20.3 Å². The lowest BCUT2D eigenvalue weighted by Crippen LogP contribution is -2.40. The van der Waals surface area contributed by atoms with Crippen LogP contribution in [0.3, 0.4) is 0 Å². The van der Waals surface area contributed by atoms with Crippen LogP contribution in [0.2, 0.25) is 0 Å².